The van der Waals surface area contributed by atoms with Crippen LogP contribution >= 0.6 is 0 Å². The summed E-state index contributed by atoms with van der Waals surface area (Å²) in [4.78, 5) is 68.8. The number of aryl methyl sites for hydroxylation is 2. The van der Waals surface area contributed by atoms with E-state index in [0.717, 1.165) is 10.9 Å². The number of H-pyrrole nitrogens is 3. The second-order valence-corrected chi connectivity index (χ2v) is 5.21. The van der Waals surface area contributed by atoms with Crippen LogP contribution < -0.4 is 22.5 Å². The summed E-state index contributed by atoms with van der Waals surface area (Å²) in [5, 5.41) is 0. The average Bonchev–Trinajstić information content (AvgIpc) is 3.17. The van der Waals surface area contributed by atoms with Crippen LogP contribution in [0.25, 0.3) is 22.3 Å². The van der Waals surface area contributed by atoms with Crippen molar-refractivity contribution in [1.29, 1.82) is 0 Å². The molecule has 0 aromatic carbocycles. The van der Waals surface area contributed by atoms with Crippen LogP contribution in [0.1, 0.15) is 0 Å². The van der Waals surface area contributed by atoms with Gasteiger partial charge in [-0.15, -0.1) is 0 Å². The largest absolute Gasteiger partial charge is 0.329 e. The lowest BCUT2D eigenvalue weighted by atomic mass is 10.5. The monoisotopic (exact) mass is 360 g/mol. The number of carbonyl (C=O) groups is 1. The zero-order chi connectivity index (χ0) is 19.0. The third-order valence-electron chi connectivity index (χ3n) is 3.56. The Hall–Kier alpha value is -4.03. The van der Waals surface area contributed by atoms with Crippen LogP contribution in [-0.4, -0.2) is 45.0 Å². The van der Waals surface area contributed by atoms with Gasteiger partial charge in [0.25, 0.3) is 11.1 Å². The first-order valence-corrected chi connectivity index (χ1v) is 7.08. The number of aromatic nitrogens is 8. The molecule has 0 atom stereocenters. The third-order valence-corrected chi connectivity index (χ3v) is 3.56. The molecule has 3 N–H and O–H groups in total. The van der Waals surface area contributed by atoms with Crippen LogP contribution in [0, 0.1) is 0 Å². The third kappa shape index (κ3) is 2.66. The zero-order valence-corrected chi connectivity index (χ0v) is 13.5. The minimum absolute atomic E-state index is 0.0340. The van der Waals surface area contributed by atoms with Crippen molar-refractivity contribution in [3.63, 3.8) is 0 Å². The van der Waals surface area contributed by atoms with E-state index in [-0.39, 0.29) is 11.2 Å². The zero-order valence-electron chi connectivity index (χ0n) is 13.5. The maximum Gasteiger partial charge on any atom is 0.329 e. The van der Waals surface area contributed by atoms with Crippen molar-refractivity contribution < 1.29 is 4.79 Å². The van der Waals surface area contributed by atoms with Crippen LogP contribution in [0.4, 0.5) is 0 Å². The smallest absolute Gasteiger partial charge is 0.328 e. The molecule has 13 nitrogen and oxygen atoms in total. The Morgan fingerprint density at radius 3 is 2.38 bits per heavy atom. The molecule has 0 aliphatic rings. The predicted octanol–water partition coefficient (Wildman–Crippen LogP) is -2.59. The van der Waals surface area contributed by atoms with Crippen molar-refractivity contribution in [2.45, 2.75) is 0 Å². The maximum atomic E-state index is 11.3. The lowest BCUT2D eigenvalue weighted by Crippen LogP contribution is -2.28. The van der Waals surface area contributed by atoms with Gasteiger partial charge >= 0.3 is 11.4 Å². The molecule has 0 saturated carbocycles. The quantitative estimate of drug-likeness (QED) is 0.312. The van der Waals surface area contributed by atoms with E-state index in [4.69, 9.17) is 0 Å². The summed E-state index contributed by atoms with van der Waals surface area (Å²) in [5.41, 5.74) is -1.19. The van der Waals surface area contributed by atoms with Gasteiger partial charge in [-0.25, -0.2) is 19.6 Å². The molecule has 0 spiro atoms. The number of rotatable bonds is 1. The summed E-state index contributed by atoms with van der Waals surface area (Å²) < 4.78 is 3.90. The van der Waals surface area contributed by atoms with E-state index in [0.29, 0.717) is 17.6 Å². The lowest BCUT2D eigenvalue weighted by Gasteiger charge is -1.97. The van der Waals surface area contributed by atoms with Gasteiger partial charge in [-0.2, -0.15) is 0 Å². The predicted molar refractivity (Wildman–Crippen MR) is 89.7 cm³/mol. The van der Waals surface area contributed by atoms with Gasteiger partial charge < -0.3 is 4.57 Å². The van der Waals surface area contributed by atoms with Gasteiger partial charge in [0.2, 0.25) is 6.41 Å². The van der Waals surface area contributed by atoms with Crippen LogP contribution in [0.5, 0.6) is 0 Å². The van der Waals surface area contributed by atoms with Crippen molar-refractivity contribution in [1.82, 2.24) is 38.6 Å². The number of imidazole rings is 2. The van der Waals surface area contributed by atoms with Crippen molar-refractivity contribution in [2.75, 3.05) is 0 Å². The Morgan fingerprint density at radius 2 is 1.69 bits per heavy atom. The highest BCUT2D eigenvalue weighted by atomic mass is 16.2. The molecule has 0 bridgehead atoms. The molecule has 0 aliphatic carbocycles. The van der Waals surface area contributed by atoms with Crippen LogP contribution in [-0.2, 0) is 18.9 Å². The molecular formula is C13H12N8O5. The van der Waals surface area contributed by atoms with E-state index < -0.39 is 22.5 Å². The molecule has 4 aromatic rings. The number of hydrogen-bond donors (Lipinski definition) is 3. The van der Waals surface area contributed by atoms with E-state index >= 15 is 0 Å². The van der Waals surface area contributed by atoms with E-state index in [2.05, 4.69) is 19.9 Å². The molecule has 13 heteroatoms. The molecule has 0 unspecified atom stereocenters. The molecule has 0 saturated heterocycles. The summed E-state index contributed by atoms with van der Waals surface area (Å²) in [5.74, 6) is 0. The minimum atomic E-state index is -0.666. The fraction of sp³-hybridized carbons (Fsp3) is 0.154. The van der Waals surface area contributed by atoms with Gasteiger partial charge in [0, 0.05) is 14.1 Å². The molecule has 4 heterocycles. The Kier molecular flexibility index (Phi) is 3.96. The van der Waals surface area contributed by atoms with Gasteiger partial charge in [-0.3, -0.25) is 38.5 Å². The van der Waals surface area contributed by atoms with Crippen LogP contribution in [0.3, 0.4) is 0 Å². The lowest BCUT2D eigenvalue weighted by molar-refractivity contribution is 0.548. The van der Waals surface area contributed by atoms with Crippen molar-refractivity contribution in [2.24, 2.45) is 14.1 Å². The number of aromatic amines is 3. The second kappa shape index (κ2) is 6.12. The Morgan fingerprint density at radius 1 is 0.962 bits per heavy atom. The van der Waals surface area contributed by atoms with E-state index in [1.165, 1.54) is 10.9 Å². The highest BCUT2D eigenvalue weighted by Gasteiger charge is 2.08. The second-order valence-electron chi connectivity index (χ2n) is 5.21. The highest BCUT2D eigenvalue weighted by Crippen LogP contribution is 2.01. The van der Waals surface area contributed by atoms with E-state index in [9.17, 15) is 24.0 Å². The number of nitrogens with zero attached hydrogens (tertiary/aromatic N) is 5. The molecule has 0 fully saturated rings. The first-order chi connectivity index (χ1) is 12.3. The molecule has 0 amide bonds. The van der Waals surface area contributed by atoms with Gasteiger partial charge in [0.1, 0.15) is 6.33 Å². The Bertz CT molecular complexity index is 1360. The molecule has 4 rings (SSSR count). The maximum absolute atomic E-state index is 11.3. The first kappa shape index (κ1) is 16.8. The summed E-state index contributed by atoms with van der Waals surface area (Å²) in [6.45, 7) is 0. The number of carbonyl (C=O) groups excluding carboxylic acids is 1. The molecule has 0 aliphatic heterocycles. The molecular weight excluding hydrogens is 348 g/mol. The molecule has 0 radical (unpaired) electrons. The van der Waals surface area contributed by atoms with Crippen LogP contribution in [0.2, 0.25) is 0 Å². The minimum Gasteiger partial charge on any atom is -0.328 e. The number of hydrogen-bond acceptors (Lipinski definition) is 7. The number of fused-ring (bicyclic) bond motifs is 2. The highest BCUT2D eigenvalue weighted by molar-refractivity contribution is 5.76. The SMILES string of the molecule is Cn1cnc2c1c(=O)[nH]c(=O)n2C.O=Cn1cnc2c(=O)[nH]c(=O)[nH]c21. The van der Waals surface area contributed by atoms with Crippen molar-refractivity contribution >= 4 is 28.7 Å². The van der Waals surface area contributed by atoms with Gasteiger partial charge in [-0.05, 0) is 0 Å². The molecule has 134 valence electrons. The fourth-order valence-electron chi connectivity index (χ4n) is 2.29. The van der Waals surface area contributed by atoms with Crippen molar-refractivity contribution in [3.8, 4) is 0 Å². The molecule has 4 aromatic heterocycles. The van der Waals surface area contributed by atoms with E-state index in [1.807, 2.05) is 4.98 Å². The topological polar surface area (TPSA) is 173 Å². The van der Waals surface area contributed by atoms with Gasteiger partial charge in [0.15, 0.2) is 22.3 Å². The summed E-state index contributed by atoms with van der Waals surface area (Å²) >= 11 is 0. The summed E-state index contributed by atoms with van der Waals surface area (Å²) in [6, 6.07) is 0. The standard InChI is InChI=1S/C7H8N4O2.C6H4N4O3/c1-10-3-8-5-4(10)6(12)9-7(13)11(5)2;11-2-10-1-7-3-4(10)8-6(13)9-5(3)12/h3H,1-2H3,(H,9,12,13);1-2H,(H2,8,9,12,13). The van der Waals surface area contributed by atoms with Crippen molar-refractivity contribution in [3.05, 3.63) is 54.3 Å². The Balaban J connectivity index is 0.000000151. The van der Waals surface area contributed by atoms with Crippen LogP contribution in [0.15, 0.2) is 31.8 Å². The fourth-order valence-corrected chi connectivity index (χ4v) is 2.29. The number of nitrogens with one attached hydrogen (secondary N) is 3. The average molecular weight is 360 g/mol. The van der Waals surface area contributed by atoms with Gasteiger partial charge in [0.05, 0.1) is 6.33 Å². The first-order valence-electron chi connectivity index (χ1n) is 7.08. The normalized spacial score (nSPS) is 10.7. The summed E-state index contributed by atoms with van der Waals surface area (Å²) in [7, 11) is 3.27. The van der Waals surface area contributed by atoms with Gasteiger partial charge in [-0.1, -0.05) is 0 Å². The molecule has 26 heavy (non-hydrogen) atoms. The van der Waals surface area contributed by atoms with E-state index in [1.54, 1.807) is 18.7 Å². The summed E-state index contributed by atoms with van der Waals surface area (Å²) in [6.07, 6.45) is 3.10. The Labute approximate surface area is 141 Å².